The van der Waals surface area contributed by atoms with Crippen LogP contribution in [0.5, 0.6) is 17.4 Å². The molecule has 190 valence electrons. The number of nitriles is 1. The largest absolute Gasteiger partial charge is 0.446 e. The van der Waals surface area contributed by atoms with Crippen LogP contribution >= 0.6 is 11.6 Å². The first kappa shape index (κ1) is 27.0. The molecular weight excluding hydrogens is 513 g/mol. The van der Waals surface area contributed by atoms with E-state index in [1.54, 1.807) is 0 Å². The summed E-state index contributed by atoms with van der Waals surface area (Å²) in [5.74, 6) is -2.53. The van der Waals surface area contributed by atoms with Gasteiger partial charge in [-0.05, 0) is 47.5 Å². The molecule has 0 spiro atoms. The van der Waals surface area contributed by atoms with Gasteiger partial charge in [0, 0.05) is 17.6 Å². The summed E-state index contributed by atoms with van der Waals surface area (Å²) in [6.45, 7) is 0.319. The number of nitrogens with zero attached hydrogens (tertiary/aromatic N) is 3. The minimum absolute atomic E-state index is 0.0863. The van der Waals surface area contributed by atoms with E-state index in [1.807, 2.05) is 6.07 Å². The molecule has 0 atom stereocenters. The fourth-order valence-electron chi connectivity index (χ4n) is 3.14. The molecule has 3 rings (SSSR count). The number of allylic oxidation sites excluding steroid dienone is 2. The van der Waals surface area contributed by atoms with Gasteiger partial charge in [-0.1, -0.05) is 30.3 Å². The van der Waals surface area contributed by atoms with Crippen LogP contribution in [0.4, 0.5) is 13.2 Å². The fraction of sp³-hybridized carbons (Fsp3) is 0.120. The average molecular weight is 531 g/mol. The molecule has 12 heteroatoms. The van der Waals surface area contributed by atoms with Gasteiger partial charge in [-0.25, -0.2) is 4.39 Å². The lowest BCUT2D eigenvalue weighted by molar-refractivity contribution is -0.115. The summed E-state index contributed by atoms with van der Waals surface area (Å²) in [7, 11) is 1.41. The third kappa shape index (κ3) is 6.99. The first-order chi connectivity index (χ1) is 17.6. The second kappa shape index (κ2) is 11.9. The van der Waals surface area contributed by atoms with Crippen LogP contribution in [0.15, 0.2) is 71.8 Å². The van der Waals surface area contributed by atoms with Crippen molar-refractivity contribution in [1.29, 1.82) is 5.26 Å². The summed E-state index contributed by atoms with van der Waals surface area (Å²) in [6, 6.07) is 10.9. The lowest BCUT2D eigenvalue weighted by Gasteiger charge is -2.14. The van der Waals surface area contributed by atoms with Crippen LogP contribution in [0.1, 0.15) is 11.1 Å². The monoisotopic (exact) mass is 530 g/mol. The van der Waals surface area contributed by atoms with Crippen molar-refractivity contribution in [3.05, 3.63) is 99.3 Å². The van der Waals surface area contributed by atoms with Crippen LogP contribution in [0.25, 0.3) is 5.57 Å². The van der Waals surface area contributed by atoms with Gasteiger partial charge in [0.2, 0.25) is 0 Å². The van der Waals surface area contributed by atoms with E-state index in [2.05, 4.69) is 21.6 Å². The molecule has 1 N–H and O–H groups in total. The molecule has 1 heterocycles. The van der Waals surface area contributed by atoms with Crippen molar-refractivity contribution in [1.82, 2.24) is 14.9 Å². The smallest absolute Gasteiger partial charge is 0.388 e. The Labute approximate surface area is 213 Å². The van der Waals surface area contributed by atoms with Crippen LogP contribution in [0.3, 0.4) is 0 Å². The highest BCUT2D eigenvalue weighted by Gasteiger charge is 2.20. The minimum Gasteiger partial charge on any atom is -0.446 e. The Morgan fingerprint density at radius 1 is 1.30 bits per heavy atom. The summed E-state index contributed by atoms with van der Waals surface area (Å²) in [5, 5.41) is 11.7. The number of aromatic nitrogens is 2. The second-order valence-corrected chi connectivity index (χ2v) is 7.82. The molecule has 2 aromatic carbocycles. The molecule has 0 aliphatic heterocycles. The highest BCUT2D eigenvalue weighted by atomic mass is 35.5. The summed E-state index contributed by atoms with van der Waals surface area (Å²) in [5.41, 5.74) is -0.0298. The molecule has 0 unspecified atom stereocenters. The predicted molar refractivity (Wildman–Crippen MR) is 129 cm³/mol. The zero-order valence-electron chi connectivity index (χ0n) is 19.2. The standard InChI is InChI=1S/C25H18ClF3N4O4/c1-14(7-20(22(34)31-2)16-3-5-18(27)6-4-16)12-33-13-32-23(37-25(28)29)21(24(33)35)36-19-9-15(11-30)8-17(26)10-19/h3-10,13,25H,1,12H2,2H3,(H,31,34)/b20-7-. The summed E-state index contributed by atoms with van der Waals surface area (Å²) in [4.78, 5) is 29.3. The predicted octanol–water partition coefficient (Wildman–Crippen LogP) is 4.69. The minimum atomic E-state index is -3.30. The molecule has 0 saturated heterocycles. The van der Waals surface area contributed by atoms with Crippen molar-refractivity contribution >= 4 is 23.1 Å². The maximum atomic E-state index is 13.3. The normalized spacial score (nSPS) is 11.1. The van der Waals surface area contributed by atoms with Gasteiger partial charge in [0.15, 0.2) is 0 Å². The number of likely N-dealkylation sites (N-methyl/N-ethyl adjacent to an activating group) is 1. The van der Waals surface area contributed by atoms with Gasteiger partial charge in [0.1, 0.15) is 17.9 Å². The van der Waals surface area contributed by atoms with Gasteiger partial charge in [-0.3, -0.25) is 14.2 Å². The van der Waals surface area contributed by atoms with Crippen LogP contribution in [0, 0.1) is 17.1 Å². The Bertz CT molecular complexity index is 1460. The van der Waals surface area contributed by atoms with Crippen molar-refractivity contribution in [3.63, 3.8) is 0 Å². The molecule has 37 heavy (non-hydrogen) atoms. The van der Waals surface area contributed by atoms with Gasteiger partial charge in [0.25, 0.3) is 17.5 Å². The number of hydrogen-bond acceptors (Lipinski definition) is 6. The van der Waals surface area contributed by atoms with E-state index in [4.69, 9.17) is 21.6 Å². The number of alkyl halides is 2. The molecule has 3 aromatic rings. The lowest BCUT2D eigenvalue weighted by Crippen LogP contribution is -2.24. The molecule has 0 bridgehead atoms. The molecule has 1 amide bonds. The third-order valence-corrected chi connectivity index (χ3v) is 4.95. The van der Waals surface area contributed by atoms with E-state index in [9.17, 15) is 22.8 Å². The first-order valence-corrected chi connectivity index (χ1v) is 10.8. The molecule has 1 aromatic heterocycles. The van der Waals surface area contributed by atoms with Gasteiger partial charge in [-0.2, -0.15) is 19.0 Å². The highest BCUT2D eigenvalue weighted by molar-refractivity contribution is 6.30. The van der Waals surface area contributed by atoms with Gasteiger partial charge in [0.05, 0.1) is 18.2 Å². The number of carbonyl (C=O) groups is 1. The van der Waals surface area contributed by atoms with E-state index in [0.717, 1.165) is 10.9 Å². The van der Waals surface area contributed by atoms with Gasteiger partial charge >= 0.3 is 12.2 Å². The lowest BCUT2D eigenvalue weighted by atomic mass is 10.0. The summed E-state index contributed by atoms with van der Waals surface area (Å²) in [6.07, 6.45) is 2.33. The van der Waals surface area contributed by atoms with Gasteiger partial charge < -0.3 is 14.8 Å². The van der Waals surface area contributed by atoms with Crippen molar-refractivity contribution in [2.24, 2.45) is 0 Å². The SMILES string of the molecule is C=C(/C=C(\C(=O)NC)c1ccc(F)cc1)Cn1cnc(OC(F)F)c(Oc2cc(Cl)cc(C#N)c2)c1=O. The number of rotatable bonds is 9. The zero-order chi connectivity index (χ0) is 27.1. The number of carbonyl (C=O) groups excluding carboxylic acids is 1. The highest BCUT2D eigenvalue weighted by Crippen LogP contribution is 2.30. The molecule has 0 aliphatic rings. The Morgan fingerprint density at radius 3 is 2.62 bits per heavy atom. The Hall–Kier alpha value is -4.56. The summed E-state index contributed by atoms with van der Waals surface area (Å²) < 4.78 is 50.0. The topological polar surface area (TPSA) is 106 Å². The maximum Gasteiger partial charge on any atom is 0.388 e. The summed E-state index contributed by atoms with van der Waals surface area (Å²) >= 11 is 5.95. The van der Waals surface area contributed by atoms with Crippen molar-refractivity contribution in [2.75, 3.05) is 7.05 Å². The number of nitrogens with one attached hydrogen (secondary N) is 1. The Balaban J connectivity index is 1.99. The average Bonchev–Trinajstić information content (AvgIpc) is 2.86. The first-order valence-electron chi connectivity index (χ1n) is 10.4. The molecule has 0 aliphatic carbocycles. The second-order valence-electron chi connectivity index (χ2n) is 7.38. The molecule has 0 saturated carbocycles. The van der Waals surface area contributed by atoms with E-state index in [1.165, 1.54) is 55.6 Å². The van der Waals surface area contributed by atoms with E-state index >= 15 is 0 Å². The van der Waals surface area contributed by atoms with E-state index in [0.29, 0.717) is 5.56 Å². The van der Waals surface area contributed by atoms with Crippen molar-refractivity contribution < 1.29 is 27.4 Å². The van der Waals surface area contributed by atoms with Crippen LogP contribution < -0.4 is 20.3 Å². The fourth-order valence-corrected chi connectivity index (χ4v) is 3.37. The number of hydrogen-bond donors (Lipinski definition) is 1. The molecule has 8 nitrogen and oxygen atoms in total. The van der Waals surface area contributed by atoms with Crippen molar-refractivity contribution in [3.8, 4) is 23.4 Å². The Morgan fingerprint density at radius 2 is 2.00 bits per heavy atom. The third-order valence-electron chi connectivity index (χ3n) is 4.73. The van der Waals surface area contributed by atoms with E-state index < -0.39 is 35.5 Å². The molecule has 0 fully saturated rings. The molecular formula is C25H18ClF3N4O4. The van der Waals surface area contributed by atoms with Crippen molar-refractivity contribution in [2.45, 2.75) is 13.2 Å². The zero-order valence-corrected chi connectivity index (χ0v) is 19.9. The quantitative estimate of drug-likeness (QED) is 0.318. The molecule has 0 radical (unpaired) electrons. The van der Waals surface area contributed by atoms with Gasteiger partial charge in [-0.15, -0.1) is 0 Å². The van der Waals surface area contributed by atoms with Crippen LogP contribution in [0.2, 0.25) is 5.02 Å². The number of ether oxygens (including phenoxy) is 2. The number of amides is 1. The number of halogens is 4. The van der Waals surface area contributed by atoms with Crippen LogP contribution in [-0.2, 0) is 11.3 Å². The number of benzene rings is 2. The van der Waals surface area contributed by atoms with E-state index in [-0.39, 0.29) is 34.0 Å². The Kier molecular flexibility index (Phi) is 8.71. The van der Waals surface area contributed by atoms with Crippen LogP contribution in [-0.4, -0.2) is 29.1 Å². The maximum absolute atomic E-state index is 13.3.